The summed E-state index contributed by atoms with van der Waals surface area (Å²) in [5, 5.41) is 10.6. The van der Waals surface area contributed by atoms with Gasteiger partial charge in [0.2, 0.25) is 5.76 Å². The second-order valence-corrected chi connectivity index (χ2v) is 8.33. The highest BCUT2D eigenvalue weighted by Crippen LogP contribution is 2.40. The maximum Gasteiger partial charge on any atom is 0.290 e. The van der Waals surface area contributed by atoms with Crippen molar-refractivity contribution in [2.24, 2.45) is 0 Å². The maximum absolute atomic E-state index is 13.6. The van der Waals surface area contributed by atoms with Gasteiger partial charge in [0, 0.05) is 6.54 Å². The van der Waals surface area contributed by atoms with Crippen molar-refractivity contribution < 1.29 is 23.8 Å². The quantitative estimate of drug-likeness (QED) is 0.421. The summed E-state index contributed by atoms with van der Waals surface area (Å²) in [4.78, 5) is 28.8. The molecule has 4 aromatic rings. The number of hydrogen-bond donors (Lipinski definition) is 1. The molecule has 178 valence electrons. The van der Waals surface area contributed by atoms with Crippen molar-refractivity contribution in [2.45, 2.75) is 19.4 Å². The molecule has 3 aromatic carbocycles. The zero-order valence-corrected chi connectivity index (χ0v) is 19.5. The molecule has 7 heteroatoms. The van der Waals surface area contributed by atoms with Crippen molar-refractivity contribution in [1.82, 2.24) is 4.90 Å². The van der Waals surface area contributed by atoms with Crippen molar-refractivity contribution in [1.29, 1.82) is 0 Å². The molecular formula is C28H25NO6. The first-order valence-electron chi connectivity index (χ1n) is 11.5. The fourth-order valence-corrected chi connectivity index (χ4v) is 4.56. The number of hydrogen-bond acceptors (Lipinski definition) is 6. The summed E-state index contributed by atoms with van der Waals surface area (Å²) < 4.78 is 16.8. The van der Waals surface area contributed by atoms with Crippen LogP contribution in [0.1, 0.15) is 40.2 Å². The minimum atomic E-state index is -0.670. The average molecular weight is 472 g/mol. The Morgan fingerprint density at radius 2 is 1.80 bits per heavy atom. The Bertz CT molecular complexity index is 1460. The van der Waals surface area contributed by atoms with E-state index in [9.17, 15) is 14.7 Å². The van der Waals surface area contributed by atoms with Gasteiger partial charge < -0.3 is 23.9 Å². The van der Waals surface area contributed by atoms with Crippen molar-refractivity contribution in [3.8, 4) is 17.2 Å². The lowest BCUT2D eigenvalue weighted by Crippen LogP contribution is -2.31. The zero-order chi connectivity index (χ0) is 24.5. The van der Waals surface area contributed by atoms with Crippen molar-refractivity contribution in [3.05, 3.63) is 99.4 Å². The molecular weight excluding hydrogens is 446 g/mol. The molecule has 0 saturated carbocycles. The Morgan fingerprint density at radius 1 is 1.03 bits per heavy atom. The highest BCUT2D eigenvalue weighted by Gasteiger charge is 2.42. The molecule has 1 aromatic heterocycles. The van der Waals surface area contributed by atoms with Crippen LogP contribution in [0.3, 0.4) is 0 Å². The topological polar surface area (TPSA) is 89.2 Å². The van der Waals surface area contributed by atoms with Gasteiger partial charge in [-0.05, 0) is 60.9 Å². The number of phenols is 1. The van der Waals surface area contributed by atoms with Gasteiger partial charge in [-0.2, -0.15) is 0 Å². The highest BCUT2D eigenvalue weighted by atomic mass is 16.5. The molecule has 2 heterocycles. The predicted molar refractivity (Wildman–Crippen MR) is 131 cm³/mol. The number of carbonyl (C=O) groups excluding carboxylic acids is 1. The zero-order valence-electron chi connectivity index (χ0n) is 19.5. The van der Waals surface area contributed by atoms with Gasteiger partial charge in [0.25, 0.3) is 5.91 Å². The van der Waals surface area contributed by atoms with Gasteiger partial charge in [-0.1, -0.05) is 30.3 Å². The van der Waals surface area contributed by atoms with Crippen LogP contribution in [0.25, 0.3) is 11.0 Å². The van der Waals surface area contributed by atoms with Gasteiger partial charge in [-0.3, -0.25) is 9.59 Å². The molecule has 0 saturated heterocycles. The van der Waals surface area contributed by atoms with Crippen molar-refractivity contribution >= 4 is 16.9 Å². The number of amides is 1. The van der Waals surface area contributed by atoms with E-state index in [2.05, 4.69) is 0 Å². The number of methoxy groups -OCH3 is 1. The first-order valence-corrected chi connectivity index (χ1v) is 11.5. The van der Waals surface area contributed by atoms with E-state index in [1.807, 2.05) is 31.2 Å². The second kappa shape index (κ2) is 9.18. The number of phenolic OH excluding ortho intramolecular Hbond substituents is 1. The summed E-state index contributed by atoms with van der Waals surface area (Å²) in [7, 11) is 1.61. The molecule has 1 amide bonds. The van der Waals surface area contributed by atoms with Gasteiger partial charge >= 0.3 is 0 Å². The van der Waals surface area contributed by atoms with Gasteiger partial charge in [-0.15, -0.1) is 0 Å². The number of carbonyl (C=O) groups is 1. The third-order valence-corrected chi connectivity index (χ3v) is 6.27. The molecule has 1 atom stereocenters. The second-order valence-electron chi connectivity index (χ2n) is 8.33. The number of ether oxygens (including phenoxy) is 2. The molecule has 0 unspecified atom stereocenters. The molecule has 7 nitrogen and oxygen atoms in total. The van der Waals surface area contributed by atoms with Crippen LogP contribution < -0.4 is 14.9 Å². The van der Waals surface area contributed by atoms with Gasteiger partial charge in [0.05, 0.1) is 30.7 Å². The Hall–Kier alpha value is -4.26. The number of benzene rings is 3. The van der Waals surface area contributed by atoms with E-state index >= 15 is 0 Å². The predicted octanol–water partition coefficient (Wildman–Crippen LogP) is 4.69. The molecule has 35 heavy (non-hydrogen) atoms. The van der Waals surface area contributed by atoms with E-state index in [1.54, 1.807) is 48.4 Å². The van der Waals surface area contributed by atoms with Crippen molar-refractivity contribution in [2.75, 3.05) is 20.3 Å². The Morgan fingerprint density at radius 3 is 2.54 bits per heavy atom. The van der Waals surface area contributed by atoms with Crippen LogP contribution in [0.2, 0.25) is 0 Å². The lowest BCUT2D eigenvalue weighted by Gasteiger charge is -2.25. The van der Waals surface area contributed by atoms with Gasteiger partial charge in [0.15, 0.2) is 16.9 Å². The van der Waals surface area contributed by atoms with Gasteiger partial charge in [0.1, 0.15) is 11.3 Å². The lowest BCUT2D eigenvalue weighted by molar-refractivity contribution is 0.0730. The summed E-state index contributed by atoms with van der Waals surface area (Å²) in [6.07, 6.45) is 0.574. The Balaban J connectivity index is 1.61. The monoisotopic (exact) mass is 471 g/mol. The standard InChI is InChI=1S/C28H25NO6/c1-3-34-23-16-18(10-13-21(23)30)25-24-26(31)20-6-4-5-7-22(20)35-27(24)28(32)29(25)15-14-17-8-11-19(33-2)12-9-17/h4-13,16,25,30H,3,14-15H2,1-2H3/t25-/m0/s1. The summed E-state index contributed by atoms with van der Waals surface area (Å²) in [5.74, 6) is 0.763. The van der Waals surface area contributed by atoms with E-state index in [1.165, 1.54) is 6.07 Å². The van der Waals surface area contributed by atoms with Crippen molar-refractivity contribution in [3.63, 3.8) is 0 Å². The minimum Gasteiger partial charge on any atom is -0.504 e. The van der Waals surface area contributed by atoms with E-state index in [0.29, 0.717) is 47.4 Å². The summed E-state index contributed by atoms with van der Waals surface area (Å²) >= 11 is 0. The van der Waals surface area contributed by atoms with E-state index in [-0.39, 0.29) is 22.8 Å². The molecule has 0 spiro atoms. The van der Waals surface area contributed by atoms with Crippen LogP contribution in [0, 0.1) is 0 Å². The molecule has 5 rings (SSSR count). The molecule has 0 fully saturated rings. The SMILES string of the molecule is CCOc1cc([C@H]2c3c(oc4ccccc4c3=O)C(=O)N2CCc2ccc(OC)cc2)ccc1O. The third kappa shape index (κ3) is 3.99. The molecule has 0 aliphatic carbocycles. The number of fused-ring (bicyclic) bond motifs is 2. The van der Waals surface area contributed by atoms with Crippen LogP contribution in [0.15, 0.2) is 75.9 Å². The average Bonchev–Trinajstić information content (AvgIpc) is 3.16. The Labute approximate surface area is 202 Å². The fourth-order valence-electron chi connectivity index (χ4n) is 4.56. The minimum absolute atomic E-state index is 0.00419. The lowest BCUT2D eigenvalue weighted by atomic mass is 9.97. The smallest absolute Gasteiger partial charge is 0.290 e. The summed E-state index contributed by atoms with van der Waals surface area (Å²) in [6.45, 7) is 2.55. The maximum atomic E-state index is 13.6. The van der Waals surface area contributed by atoms with Crippen LogP contribution in [0.4, 0.5) is 0 Å². The largest absolute Gasteiger partial charge is 0.504 e. The van der Waals surface area contributed by atoms with Crippen LogP contribution in [-0.2, 0) is 6.42 Å². The molecule has 0 radical (unpaired) electrons. The fraction of sp³-hybridized carbons (Fsp3) is 0.214. The first-order chi connectivity index (χ1) is 17.0. The normalized spacial score (nSPS) is 14.9. The van der Waals surface area contributed by atoms with Crippen LogP contribution >= 0.6 is 0 Å². The van der Waals surface area contributed by atoms with Crippen LogP contribution in [-0.4, -0.2) is 36.2 Å². The van der Waals surface area contributed by atoms with Crippen LogP contribution in [0.5, 0.6) is 17.2 Å². The number of para-hydroxylation sites is 1. The summed E-state index contributed by atoms with van der Waals surface area (Å²) in [5.41, 5.74) is 2.13. The van der Waals surface area contributed by atoms with E-state index < -0.39 is 6.04 Å². The number of aromatic hydroxyl groups is 1. The molecule has 1 aliphatic heterocycles. The molecule has 0 bridgehead atoms. The molecule has 1 aliphatic rings. The summed E-state index contributed by atoms with van der Waals surface area (Å²) in [6, 6.07) is 18.8. The third-order valence-electron chi connectivity index (χ3n) is 6.27. The first kappa shape index (κ1) is 22.5. The molecule has 1 N–H and O–H groups in total. The van der Waals surface area contributed by atoms with E-state index in [4.69, 9.17) is 13.9 Å². The number of rotatable bonds is 7. The Kier molecular flexibility index (Phi) is 5.91. The van der Waals surface area contributed by atoms with Gasteiger partial charge in [-0.25, -0.2) is 0 Å². The number of nitrogens with zero attached hydrogens (tertiary/aromatic N) is 1. The highest BCUT2D eigenvalue weighted by molar-refractivity contribution is 5.99. The van der Waals surface area contributed by atoms with E-state index in [0.717, 1.165) is 11.3 Å².